The largest absolute Gasteiger partial charge is 0.394 e. The second-order valence-corrected chi connectivity index (χ2v) is 5.09. The van der Waals surface area contributed by atoms with Crippen molar-refractivity contribution in [1.29, 1.82) is 0 Å². The SMILES string of the molecule is CCC(C)(C)NC(=O)C(C)NCCCOCCO. The quantitative estimate of drug-likeness (QED) is 0.505. The van der Waals surface area contributed by atoms with Crippen LogP contribution in [0.1, 0.15) is 40.5 Å². The molecule has 0 aromatic rings. The van der Waals surface area contributed by atoms with Gasteiger partial charge in [-0.25, -0.2) is 0 Å². The van der Waals surface area contributed by atoms with E-state index in [-0.39, 0.29) is 24.1 Å². The van der Waals surface area contributed by atoms with Gasteiger partial charge in [-0.1, -0.05) is 6.92 Å². The number of carbonyl (C=O) groups excluding carboxylic acids is 1. The first-order valence-electron chi connectivity index (χ1n) is 6.67. The fourth-order valence-corrected chi connectivity index (χ4v) is 1.28. The van der Waals surface area contributed by atoms with Crippen molar-refractivity contribution in [3.63, 3.8) is 0 Å². The maximum Gasteiger partial charge on any atom is 0.237 e. The summed E-state index contributed by atoms with van der Waals surface area (Å²) in [5.41, 5.74) is -0.155. The fourth-order valence-electron chi connectivity index (χ4n) is 1.28. The van der Waals surface area contributed by atoms with Crippen LogP contribution in [0.5, 0.6) is 0 Å². The van der Waals surface area contributed by atoms with Crippen molar-refractivity contribution in [3.8, 4) is 0 Å². The minimum absolute atomic E-state index is 0.0260. The van der Waals surface area contributed by atoms with Gasteiger partial charge in [0.1, 0.15) is 0 Å². The summed E-state index contributed by atoms with van der Waals surface area (Å²) in [5, 5.41) is 14.7. The summed E-state index contributed by atoms with van der Waals surface area (Å²) in [6.07, 6.45) is 1.73. The van der Waals surface area contributed by atoms with Gasteiger partial charge in [0, 0.05) is 12.1 Å². The molecule has 0 heterocycles. The monoisotopic (exact) mass is 260 g/mol. The normalized spacial score (nSPS) is 13.4. The Hall–Kier alpha value is -0.650. The van der Waals surface area contributed by atoms with Gasteiger partial charge in [-0.15, -0.1) is 0 Å². The van der Waals surface area contributed by atoms with E-state index < -0.39 is 0 Å². The van der Waals surface area contributed by atoms with Crippen molar-refractivity contribution in [2.75, 3.05) is 26.4 Å². The molecular formula is C13H28N2O3. The first-order chi connectivity index (χ1) is 8.43. The first kappa shape index (κ1) is 17.4. The van der Waals surface area contributed by atoms with Gasteiger partial charge in [0.05, 0.1) is 19.3 Å². The van der Waals surface area contributed by atoms with Crippen LogP contribution in [0, 0.1) is 0 Å². The van der Waals surface area contributed by atoms with E-state index >= 15 is 0 Å². The standard InChI is InChI=1S/C13H28N2O3/c1-5-13(3,4)15-12(17)11(2)14-7-6-9-18-10-8-16/h11,14,16H,5-10H2,1-4H3,(H,15,17). The van der Waals surface area contributed by atoms with Crippen LogP contribution in [-0.4, -0.2) is 49.0 Å². The Bertz CT molecular complexity index is 232. The molecule has 0 aliphatic rings. The summed E-state index contributed by atoms with van der Waals surface area (Å²) in [4.78, 5) is 11.8. The number of nitrogens with one attached hydrogen (secondary N) is 2. The van der Waals surface area contributed by atoms with E-state index in [2.05, 4.69) is 17.6 Å². The van der Waals surface area contributed by atoms with Crippen molar-refractivity contribution < 1.29 is 14.6 Å². The van der Waals surface area contributed by atoms with Crippen LogP contribution in [0.3, 0.4) is 0 Å². The maximum atomic E-state index is 11.8. The molecule has 0 aromatic carbocycles. The number of amides is 1. The summed E-state index contributed by atoms with van der Waals surface area (Å²) in [6, 6.07) is -0.200. The van der Waals surface area contributed by atoms with Gasteiger partial charge in [0.25, 0.3) is 0 Å². The van der Waals surface area contributed by atoms with Gasteiger partial charge < -0.3 is 20.5 Å². The summed E-state index contributed by atoms with van der Waals surface area (Å²) in [7, 11) is 0. The van der Waals surface area contributed by atoms with Crippen LogP contribution < -0.4 is 10.6 Å². The van der Waals surface area contributed by atoms with E-state index in [0.29, 0.717) is 13.2 Å². The molecule has 0 aliphatic carbocycles. The van der Waals surface area contributed by atoms with Gasteiger partial charge in [-0.3, -0.25) is 4.79 Å². The lowest BCUT2D eigenvalue weighted by Gasteiger charge is -2.26. The highest BCUT2D eigenvalue weighted by atomic mass is 16.5. The molecule has 0 saturated heterocycles. The van der Waals surface area contributed by atoms with Crippen molar-refractivity contribution in [2.24, 2.45) is 0 Å². The van der Waals surface area contributed by atoms with Crippen molar-refractivity contribution in [2.45, 2.75) is 52.1 Å². The second kappa shape index (κ2) is 9.30. The van der Waals surface area contributed by atoms with Gasteiger partial charge >= 0.3 is 0 Å². The second-order valence-electron chi connectivity index (χ2n) is 5.09. The summed E-state index contributed by atoms with van der Waals surface area (Å²) < 4.78 is 5.13. The lowest BCUT2D eigenvalue weighted by atomic mass is 10.0. The van der Waals surface area contributed by atoms with Crippen LogP contribution in [0.25, 0.3) is 0 Å². The Balaban J connectivity index is 3.68. The number of hydrogen-bond donors (Lipinski definition) is 3. The van der Waals surface area contributed by atoms with Crippen LogP contribution in [0.4, 0.5) is 0 Å². The Morgan fingerprint density at radius 2 is 2.06 bits per heavy atom. The molecule has 1 unspecified atom stereocenters. The molecule has 5 nitrogen and oxygen atoms in total. The first-order valence-corrected chi connectivity index (χ1v) is 6.67. The average molecular weight is 260 g/mol. The van der Waals surface area contributed by atoms with E-state index in [4.69, 9.17) is 9.84 Å². The molecule has 0 radical (unpaired) electrons. The zero-order valence-corrected chi connectivity index (χ0v) is 12.1. The van der Waals surface area contributed by atoms with Crippen LogP contribution in [-0.2, 0) is 9.53 Å². The minimum atomic E-state index is -0.200. The van der Waals surface area contributed by atoms with Gasteiger partial charge in [0.15, 0.2) is 0 Å². The third-order valence-corrected chi connectivity index (χ3v) is 2.89. The molecule has 0 aromatic heterocycles. The number of ether oxygens (including phenoxy) is 1. The van der Waals surface area contributed by atoms with E-state index in [1.807, 2.05) is 20.8 Å². The summed E-state index contributed by atoms with van der Waals surface area (Å²) in [6.45, 7) is 9.70. The molecule has 0 rings (SSSR count). The third kappa shape index (κ3) is 8.44. The van der Waals surface area contributed by atoms with E-state index in [9.17, 15) is 4.79 Å². The highest BCUT2D eigenvalue weighted by Gasteiger charge is 2.21. The molecule has 5 heteroatoms. The number of aliphatic hydroxyl groups excluding tert-OH is 1. The zero-order valence-electron chi connectivity index (χ0n) is 12.1. The molecule has 0 saturated carbocycles. The lowest BCUT2D eigenvalue weighted by molar-refractivity contribution is -0.124. The molecule has 0 fully saturated rings. The van der Waals surface area contributed by atoms with E-state index in [0.717, 1.165) is 19.4 Å². The summed E-state index contributed by atoms with van der Waals surface area (Å²) >= 11 is 0. The number of aliphatic hydroxyl groups is 1. The molecule has 108 valence electrons. The van der Waals surface area contributed by atoms with Gasteiger partial charge in [-0.2, -0.15) is 0 Å². The molecule has 0 bridgehead atoms. The Morgan fingerprint density at radius 3 is 2.61 bits per heavy atom. The molecule has 3 N–H and O–H groups in total. The zero-order chi connectivity index (χ0) is 14.0. The molecule has 18 heavy (non-hydrogen) atoms. The Kier molecular flexibility index (Phi) is 8.97. The maximum absolute atomic E-state index is 11.8. The average Bonchev–Trinajstić information content (AvgIpc) is 2.32. The van der Waals surface area contributed by atoms with Crippen LogP contribution in [0.2, 0.25) is 0 Å². The van der Waals surface area contributed by atoms with Crippen LogP contribution in [0.15, 0.2) is 0 Å². The smallest absolute Gasteiger partial charge is 0.237 e. The Morgan fingerprint density at radius 1 is 1.39 bits per heavy atom. The van der Waals surface area contributed by atoms with E-state index in [1.165, 1.54) is 0 Å². The summed E-state index contributed by atoms with van der Waals surface area (Å²) in [5.74, 6) is 0.0260. The van der Waals surface area contributed by atoms with Crippen molar-refractivity contribution in [1.82, 2.24) is 10.6 Å². The molecule has 0 aliphatic heterocycles. The predicted octanol–water partition coefficient (Wildman–Crippen LogP) is 0.668. The van der Waals surface area contributed by atoms with Gasteiger partial charge in [-0.05, 0) is 40.2 Å². The molecule has 1 amide bonds. The number of rotatable bonds is 10. The lowest BCUT2D eigenvalue weighted by Crippen LogP contribution is -2.50. The highest BCUT2D eigenvalue weighted by Crippen LogP contribution is 2.06. The molecule has 0 spiro atoms. The predicted molar refractivity (Wildman–Crippen MR) is 72.5 cm³/mol. The van der Waals surface area contributed by atoms with E-state index in [1.54, 1.807) is 0 Å². The number of carbonyl (C=O) groups is 1. The molecular weight excluding hydrogens is 232 g/mol. The highest BCUT2D eigenvalue weighted by molar-refractivity contribution is 5.81. The minimum Gasteiger partial charge on any atom is -0.394 e. The molecule has 1 atom stereocenters. The van der Waals surface area contributed by atoms with Crippen molar-refractivity contribution >= 4 is 5.91 Å². The fraction of sp³-hybridized carbons (Fsp3) is 0.923. The van der Waals surface area contributed by atoms with Crippen molar-refractivity contribution in [3.05, 3.63) is 0 Å². The topological polar surface area (TPSA) is 70.6 Å². The van der Waals surface area contributed by atoms with Gasteiger partial charge in [0.2, 0.25) is 5.91 Å². The number of hydrogen-bond acceptors (Lipinski definition) is 4. The third-order valence-electron chi connectivity index (χ3n) is 2.89. The van der Waals surface area contributed by atoms with Crippen LogP contribution >= 0.6 is 0 Å². The Labute approximate surface area is 110 Å².